The summed E-state index contributed by atoms with van der Waals surface area (Å²) in [5.41, 5.74) is 1.20. The van der Waals surface area contributed by atoms with E-state index in [4.69, 9.17) is 32.7 Å². The summed E-state index contributed by atoms with van der Waals surface area (Å²) in [6.07, 6.45) is 2.97. The minimum atomic E-state index is -0.315. The number of carbonyl (C=O) groups excluding carboxylic acids is 1. The Bertz CT molecular complexity index is 745. The highest BCUT2D eigenvalue weighted by Crippen LogP contribution is 2.29. The maximum Gasteiger partial charge on any atom is 0.248 e. The number of halogens is 2. The number of hydrogen-bond acceptors (Lipinski definition) is 3. The predicted octanol–water partition coefficient (Wildman–Crippen LogP) is 4.66. The van der Waals surface area contributed by atoms with E-state index in [2.05, 4.69) is 5.32 Å². The maximum atomic E-state index is 12.0. The number of methoxy groups -OCH3 is 2. The Morgan fingerprint density at radius 1 is 1.13 bits per heavy atom. The summed E-state index contributed by atoms with van der Waals surface area (Å²) in [7, 11) is 3.08. The van der Waals surface area contributed by atoms with E-state index in [-0.39, 0.29) is 5.91 Å². The Morgan fingerprint density at radius 2 is 1.91 bits per heavy atom. The molecule has 23 heavy (non-hydrogen) atoms. The van der Waals surface area contributed by atoms with Crippen LogP contribution < -0.4 is 14.8 Å². The third-order valence-electron chi connectivity index (χ3n) is 3.06. The van der Waals surface area contributed by atoms with Gasteiger partial charge in [0, 0.05) is 12.1 Å². The molecule has 1 N–H and O–H groups in total. The Hall–Kier alpha value is -2.17. The zero-order valence-electron chi connectivity index (χ0n) is 12.6. The standard InChI is InChI=1S/C17H15Cl2NO3/c1-22-12-7-8-14(15(10-12)23-2)20-16(21)9-6-11-4-3-5-13(18)17(11)19/h3-10H,1-2H3,(H,20,21)/b9-6+. The number of rotatable bonds is 5. The molecule has 0 spiro atoms. The van der Waals surface area contributed by atoms with E-state index in [0.29, 0.717) is 32.8 Å². The number of carbonyl (C=O) groups is 1. The second-order valence-electron chi connectivity index (χ2n) is 4.53. The van der Waals surface area contributed by atoms with Crippen LogP contribution in [0.5, 0.6) is 11.5 Å². The molecule has 0 saturated carbocycles. The second-order valence-corrected chi connectivity index (χ2v) is 5.32. The lowest BCUT2D eigenvalue weighted by atomic mass is 10.2. The number of nitrogens with one attached hydrogen (secondary N) is 1. The molecule has 0 radical (unpaired) electrons. The first kappa shape index (κ1) is 17.2. The SMILES string of the molecule is COc1ccc(NC(=O)/C=C/c2cccc(Cl)c2Cl)c(OC)c1. The lowest BCUT2D eigenvalue weighted by Crippen LogP contribution is -2.09. The number of hydrogen-bond donors (Lipinski definition) is 1. The minimum absolute atomic E-state index is 0.315. The van der Waals surface area contributed by atoms with Crippen LogP contribution in [0.3, 0.4) is 0 Å². The summed E-state index contributed by atoms with van der Waals surface area (Å²) in [4.78, 5) is 12.0. The van der Waals surface area contributed by atoms with Gasteiger partial charge < -0.3 is 14.8 Å². The van der Waals surface area contributed by atoms with E-state index >= 15 is 0 Å². The summed E-state index contributed by atoms with van der Waals surface area (Å²) in [6, 6.07) is 10.3. The van der Waals surface area contributed by atoms with Crippen molar-refractivity contribution in [3.05, 3.63) is 58.1 Å². The zero-order valence-corrected chi connectivity index (χ0v) is 14.1. The molecule has 0 bridgehead atoms. The van der Waals surface area contributed by atoms with Gasteiger partial charge in [-0.25, -0.2) is 0 Å². The molecule has 6 heteroatoms. The molecular weight excluding hydrogens is 337 g/mol. The molecule has 0 aliphatic carbocycles. The Balaban J connectivity index is 2.13. The summed E-state index contributed by atoms with van der Waals surface area (Å²) >= 11 is 12.0. The second kappa shape index (κ2) is 7.90. The van der Waals surface area contributed by atoms with Crippen LogP contribution in [0, 0.1) is 0 Å². The summed E-state index contributed by atoms with van der Waals surface area (Å²) < 4.78 is 10.3. The molecule has 0 aliphatic heterocycles. The minimum Gasteiger partial charge on any atom is -0.497 e. The van der Waals surface area contributed by atoms with Crippen LogP contribution in [-0.2, 0) is 4.79 Å². The van der Waals surface area contributed by atoms with Crippen molar-refractivity contribution >= 4 is 40.9 Å². The van der Waals surface area contributed by atoms with Crippen molar-refractivity contribution in [2.75, 3.05) is 19.5 Å². The van der Waals surface area contributed by atoms with Crippen molar-refractivity contribution in [2.45, 2.75) is 0 Å². The van der Waals surface area contributed by atoms with Crippen LogP contribution in [0.1, 0.15) is 5.56 Å². The van der Waals surface area contributed by atoms with Crippen LogP contribution >= 0.6 is 23.2 Å². The topological polar surface area (TPSA) is 47.6 Å². The van der Waals surface area contributed by atoms with E-state index < -0.39 is 0 Å². The highest BCUT2D eigenvalue weighted by atomic mass is 35.5. The molecule has 0 fully saturated rings. The molecule has 0 aliphatic rings. The van der Waals surface area contributed by atoms with Crippen molar-refractivity contribution in [3.63, 3.8) is 0 Å². The van der Waals surface area contributed by atoms with Gasteiger partial charge in [-0.05, 0) is 29.8 Å². The molecule has 0 heterocycles. The summed E-state index contributed by atoms with van der Waals surface area (Å²) in [6.45, 7) is 0. The fraction of sp³-hybridized carbons (Fsp3) is 0.118. The van der Waals surface area contributed by atoms with Gasteiger partial charge in [-0.1, -0.05) is 35.3 Å². The predicted molar refractivity (Wildman–Crippen MR) is 93.7 cm³/mol. The monoisotopic (exact) mass is 351 g/mol. The van der Waals surface area contributed by atoms with Crippen LogP contribution in [0.2, 0.25) is 10.0 Å². The molecule has 0 saturated heterocycles. The summed E-state index contributed by atoms with van der Waals surface area (Å²) in [5, 5.41) is 3.57. The van der Waals surface area contributed by atoms with Gasteiger partial charge in [0.05, 0.1) is 30.0 Å². The molecule has 4 nitrogen and oxygen atoms in total. The zero-order chi connectivity index (χ0) is 16.8. The van der Waals surface area contributed by atoms with Crippen molar-refractivity contribution in [3.8, 4) is 11.5 Å². The van der Waals surface area contributed by atoms with Crippen LogP contribution in [0.4, 0.5) is 5.69 Å². The Kier molecular flexibility index (Phi) is 5.90. The average Bonchev–Trinajstić information content (AvgIpc) is 2.56. The third-order valence-corrected chi connectivity index (χ3v) is 3.90. The van der Waals surface area contributed by atoms with Crippen LogP contribution in [-0.4, -0.2) is 20.1 Å². The van der Waals surface area contributed by atoms with E-state index in [9.17, 15) is 4.79 Å². The molecule has 1 amide bonds. The smallest absolute Gasteiger partial charge is 0.248 e. The van der Waals surface area contributed by atoms with Gasteiger partial charge >= 0.3 is 0 Å². The van der Waals surface area contributed by atoms with Crippen molar-refractivity contribution in [1.82, 2.24) is 0 Å². The molecule has 2 rings (SSSR count). The lowest BCUT2D eigenvalue weighted by Gasteiger charge is -2.10. The van der Waals surface area contributed by atoms with Crippen molar-refractivity contribution < 1.29 is 14.3 Å². The molecule has 2 aromatic carbocycles. The lowest BCUT2D eigenvalue weighted by molar-refractivity contribution is -0.111. The van der Waals surface area contributed by atoms with E-state index in [1.807, 2.05) is 0 Å². The highest BCUT2D eigenvalue weighted by Gasteiger charge is 2.07. The molecular formula is C17H15Cl2NO3. The third kappa shape index (κ3) is 4.41. The largest absolute Gasteiger partial charge is 0.497 e. The van der Waals surface area contributed by atoms with Gasteiger partial charge in [-0.3, -0.25) is 4.79 Å². The Labute approximate surface area is 144 Å². The fourth-order valence-electron chi connectivity index (χ4n) is 1.89. The van der Waals surface area contributed by atoms with Gasteiger partial charge in [-0.2, -0.15) is 0 Å². The number of amides is 1. The maximum absolute atomic E-state index is 12.0. The number of anilines is 1. The highest BCUT2D eigenvalue weighted by molar-refractivity contribution is 6.42. The average molecular weight is 352 g/mol. The van der Waals surface area contributed by atoms with Crippen LogP contribution in [0.25, 0.3) is 6.08 Å². The van der Waals surface area contributed by atoms with Gasteiger partial charge in [0.1, 0.15) is 11.5 Å². The normalized spacial score (nSPS) is 10.6. The van der Waals surface area contributed by atoms with Crippen molar-refractivity contribution in [1.29, 1.82) is 0 Å². The molecule has 0 aromatic heterocycles. The fourth-order valence-corrected chi connectivity index (χ4v) is 2.26. The molecule has 2 aromatic rings. The van der Waals surface area contributed by atoms with E-state index in [1.54, 1.807) is 49.6 Å². The van der Waals surface area contributed by atoms with Gasteiger partial charge in [-0.15, -0.1) is 0 Å². The van der Waals surface area contributed by atoms with Crippen molar-refractivity contribution in [2.24, 2.45) is 0 Å². The van der Waals surface area contributed by atoms with E-state index in [0.717, 1.165) is 0 Å². The van der Waals surface area contributed by atoms with Crippen LogP contribution in [0.15, 0.2) is 42.5 Å². The molecule has 120 valence electrons. The first-order valence-corrected chi connectivity index (χ1v) is 7.46. The number of benzene rings is 2. The summed E-state index contributed by atoms with van der Waals surface area (Å²) in [5.74, 6) is 0.831. The first-order valence-electron chi connectivity index (χ1n) is 6.70. The first-order chi connectivity index (χ1) is 11.0. The van der Waals surface area contributed by atoms with Gasteiger partial charge in [0.2, 0.25) is 5.91 Å². The van der Waals surface area contributed by atoms with Gasteiger partial charge in [0.25, 0.3) is 0 Å². The molecule has 0 unspecified atom stereocenters. The molecule has 0 atom stereocenters. The van der Waals surface area contributed by atoms with Gasteiger partial charge in [0.15, 0.2) is 0 Å². The Morgan fingerprint density at radius 3 is 2.61 bits per heavy atom. The quantitative estimate of drug-likeness (QED) is 0.796. The number of ether oxygens (including phenoxy) is 2. The van der Waals surface area contributed by atoms with E-state index in [1.165, 1.54) is 13.2 Å².